The van der Waals surface area contributed by atoms with Crippen LogP contribution >= 0.6 is 11.6 Å². The highest BCUT2D eigenvalue weighted by Crippen LogP contribution is 2.40. The van der Waals surface area contributed by atoms with E-state index in [0.29, 0.717) is 0 Å². The van der Waals surface area contributed by atoms with E-state index in [1.165, 1.54) is 24.3 Å². The second-order valence-electron chi connectivity index (χ2n) is 9.66. The van der Waals surface area contributed by atoms with E-state index in [0.717, 1.165) is 49.0 Å². The second kappa shape index (κ2) is 9.47. The van der Waals surface area contributed by atoms with E-state index in [1.807, 2.05) is 0 Å². The van der Waals surface area contributed by atoms with Crippen LogP contribution in [0.5, 0.6) is 0 Å². The first-order valence-electron chi connectivity index (χ1n) is 11.4. The lowest BCUT2D eigenvalue weighted by Gasteiger charge is -2.55. The highest BCUT2D eigenvalue weighted by atomic mass is 35.5. The summed E-state index contributed by atoms with van der Waals surface area (Å²) in [4.78, 5) is 19.4. The minimum Gasteiger partial charge on any atom is -0.380 e. The number of carbonyl (C=O) groups is 1. The van der Waals surface area contributed by atoms with Gasteiger partial charge in [-0.1, -0.05) is 11.6 Å². The van der Waals surface area contributed by atoms with Crippen LogP contribution in [-0.4, -0.2) is 62.6 Å². The SMILES string of the molecule is CS(=O)(=O)Nc1cc(Cl)cc(NC(=O)c2cc(-c3ccc(N4CC5(COC5)C4)cn3)n(CC(F)(F)F)c2)c1. The number of aromatic nitrogens is 2. The highest BCUT2D eigenvalue weighted by molar-refractivity contribution is 7.92. The fourth-order valence-corrected chi connectivity index (χ4v) is 5.34. The van der Waals surface area contributed by atoms with Gasteiger partial charge in [-0.15, -0.1) is 0 Å². The summed E-state index contributed by atoms with van der Waals surface area (Å²) >= 11 is 6.03. The first kappa shape index (κ1) is 26.3. The van der Waals surface area contributed by atoms with Gasteiger partial charge >= 0.3 is 6.18 Å². The molecule has 2 fully saturated rings. The molecular formula is C24H23ClF3N5O4S. The summed E-state index contributed by atoms with van der Waals surface area (Å²) in [5.41, 5.74) is 1.70. The molecule has 2 aliphatic rings. The Morgan fingerprint density at radius 1 is 1.16 bits per heavy atom. The first-order chi connectivity index (χ1) is 17.8. The molecule has 202 valence electrons. The third-order valence-corrected chi connectivity index (χ3v) is 7.04. The molecule has 9 nitrogen and oxygen atoms in total. The average molecular weight is 570 g/mol. The molecule has 0 bridgehead atoms. The molecule has 1 spiro atoms. The number of carbonyl (C=O) groups excluding carboxylic acids is 1. The molecule has 0 aliphatic carbocycles. The van der Waals surface area contributed by atoms with Crippen molar-refractivity contribution in [3.63, 3.8) is 0 Å². The third-order valence-electron chi connectivity index (χ3n) is 6.21. The Kier molecular flexibility index (Phi) is 6.56. The lowest BCUT2D eigenvalue weighted by Crippen LogP contribution is -2.66. The molecule has 14 heteroatoms. The van der Waals surface area contributed by atoms with E-state index in [-0.39, 0.29) is 38.8 Å². The predicted molar refractivity (Wildman–Crippen MR) is 137 cm³/mol. The van der Waals surface area contributed by atoms with Gasteiger partial charge in [0.15, 0.2) is 0 Å². The topological polar surface area (TPSA) is 106 Å². The molecular weight excluding hydrogens is 547 g/mol. The van der Waals surface area contributed by atoms with Gasteiger partial charge in [0.25, 0.3) is 5.91 Å². The third kappa shape index (κ3) is 5.89. The van der Waals surface area contributed by atoms with Gasteiger partial charge in [-0.2, -0.15) is 13.2 Å². The van der Waals surface area contributed by atoms with Crippen molar-refractivity contribution in [1.29, 1.82) is 0 Å². The zero-order valence-corrected chi connectivity index (χ0v) is 21.6. The standard InChI is InChI=1S/C24H23ClF3N5O4S/c1-38(35,36)31-18-6-16(25)5-17(7-18)30-22(34)15-4-21(32(9-15)12-24(26,27)28)20-3-2-19(8-29-20)33-10-23(11-33)13-37-14-23/h2-9,31H,10-14H2,1H3,(H,30,34). The number of nitrogens with one attached hydrogen (secondary N) is 2. The minimum absolute atomic E-state index is 0.0395. The molecule has 2 saturated heterocycles. The maximum absolute atomic E-state index is 13.3. The maximum Gasteiger partial charge on any atom is 0.406 e. The van der Waals surface area contributed by atoms with Crippen molar-refractivity contribution in [3.05, 3.63) is 59.4 Å². The largest absolute Gasteiger partial charge is 0.406 e. The molecule has 5 rings (SSSR count). The van der Waals surface area contributed by atoms with Gasteiger partial charge in [0.2, 0.25) is 10.0 Å². The van der Waals surface area contributed by atoms with Crippen molar-refractivity contribution < 1.29 is 31.1 Å². The van der Waals surface area contributed by atoms with Gasteiger partial charge in [-0.25, -0.2) is 8.42 Å². The van der Waals surface area contributed by atoms with Gasteiger partial charge in [-0.05, 0) is 36.4 Å². The molecule has 4 heterocycles. The van der Waals surface area contributed by atoms with Crippen molar-refractivity contribution in [3.8, 4) is 11.4 Å². The number of benzene rings is 1. The number of sulfonamides is 1. The first-order valence-corrected chi connectivity index (χ1v) is 13.7. The maximum atomic E-state index is 13.3. The smallest absolute Gasteiger partial charge is 0.380 e. The molecule has 3 aromatic rings. The number of pyridine rings is 1. The fourth-order valence-electron chi connectivity index (χ4n) is 4.56. The van der Waals surface area contributed by atoms with Crippen molar-refractivity contribution in [1.82, 2.24) is 9.55 Å². The molecule has 38 heavy (non-hydrogen) atoms. The predicted octanol–water partition coefficient (Wildman–Crippen LogP) is 4.23. The summed E-state index contributed by atoms with van der Waals surface area (Å²) < 4.78 is 71.5. The number of anilines is 3. The molecule has 1 aromatic carbocycles. The number of hydrogen-bond acceptors (Lipinski definition) is 6. The van der Waals surface area contributed by atoms with E-state index in [4.69, 9.17) is 16.3 Å². The monoisotopic (exact) mass is 569 g/mol. The molecule has 0 unspecified atom stereocenters. The van der Waals surface area contributed by atoms with E-state index >= 15 is 0 Å². The van der Waals surface area contributed by atoms with Gasteiger partial charge in [0.05, 0.1) is 59.4 Å². The molecule has 0 saturated carbocycles. The van der Waals surface area contributed by atoms with Gasteiger partial charge in [0.1, 0.15) is 6.54 Å². The van der Waals surface area contributed by atoms with Crippen LogP contribution in [0, 0.1) is 5.41 Å². The van der Waals surface area contributed by atoms with Gasteiger partial charge in [-0.3, -0.25) is 14.5 Å². The van der Waals surface area contributed by atoms with Crippen molar-refractivity contribution in [2.45, 2.75) is 12.7 Å². The molecule has 2 N–H and O–H groups in total. The van der Waals surface area contributed by atoms with Crippen LogP contribution in [0.15, 0.2) is 48.8 Å². The zero-order chi connectivity index (χ0) is 27.3. The lowest BCUT2D eigenvalue weighted by molar-refractivity contribution is -0.140. The Bertz CT molecular complexity index is 1480. The Morgan fingerprint density at radius 2 is 1.87 bits per heavy atom. The Labute approximate surface area is 221 Å². The van der Waals surface area contributed by atoms with Crippen molar-refractivity contribution >= 4 is 44.6 Å². The van der Waals surface area contributed by atoms with Crippen molar-refractivity contribution in [2.75, 3.05) is 47.5 Å². The van der Waals surface area contributed by atoms with Crippen LogP contribution < -0.4 is 14.9 Å². The van der Waals surface area contributed by atoms with Crippen LogP contribution in [0.25, 0.3) is 11.4 Å². The van der Waals surface area contributed by atoms with Crippen LogP contribution in [0.2, 0.25) is 5.02 Å². The van der Waals surface area contributed by atoms with Crippen LogP contribution in [0.4, 0.5) is 30.2 Å². The van der Waals surface area contributed by atoms with Crippen molar-refractivity contribution in [2.24, 2.45) is 5.41 Å². The number of hydrogen-bond donors (Lipinski definition) is 2. The number of nitrogens with zero attached hydrogens (tertiary/aromatic N) is 3. The van der Waals surface area contributed by atoms with Crippen LogP contribution in [0.3, 0.4) is 0 Å². The van der Waals surface area contributed by atoms with Crippen LogP contribution in [0.1, 0.15) is 10.4 Å². The summed E-state index contributed by atoms with van der Waals surface area (Å²) in [6, 6.07) is 8.83. The summed E-state index contributed by atoms with van der Waals surface area (Å²) in [5.74, 6) is -0.704. The van der Waals surface area contributed by atoms with Crippen LogP contribution in [-0.2, 0) is 21.3 Å². The van der Waals surface area contributed by atoms with Gasteiger partial charge in [0, 0.05) is 30.0 Å². The number of alkyl halides is 3. The second-order valence-corrected chi connectivity index (χ2v) is 11.8. The van der Waals surface area contributed by atoms with E-state index in [9.17, 15) is 26.4 Å². The van der Waals surface area contributed by atoms with E-state index in [1.54, 1.807) is 18.3 Å². The molecule has 2 aromatic heterocycles. The Hall–Kier alpha value is -3.29. The lowest BCUT2D eigenvalue weighted by atomic mass is 9.78. The Balaban J connectivity index is 1.38. The number of ether oxygens (including phenoxy) is 1. The number of amides is 1. The highest BCUT2D eigenvalue weighted by Gasteiger charge is 2.49. The average Bonchev–Trinajstić information content (AvgIpc) is 3.12. The number of halogens is 4. The van der Waals surface area contributed by atoms with Gasteiger partial charge < -0.3 is 19.5 Å². The summed E-state index contributed by atoms with van der Waals surface area (Å²) in [7, 11) is -3.60. The molecule has 0 radical (unpaired) electrons. The summed E-state index contributed by atoms with van der Waals surface area (Å²) in [6.07, 6.45) is -0.864. The number of rotatable bonds is 7. The van der Waals surface area contributed by atoms with E-state index < -0.39 is 28.7 Å². The fraction of sp³-hybridized carbons (Fsp3) is 0.333. The quantitative estimate of drug-likeness (QED) is 0.441. The zero-order valence-electron chi connectivity index (χ0n) is 20.0. The normalized spacial score (nSPS) is 16.6. The van der Waals surface area contributed by atoms with E-state index in [2.05, 4.69) is 19.9 Å². The molecule has 1 amide bonds. The minimum atomic E-state index is -4.53. The summed E-state index contributed by atoms with van der Waals surface area (Å²) in [6.45, 7) is 1.83. The summed E-state index contributed by atoms with van der Waals surface area (Å²) in [5, 5.41) is 2.69. The molecule has 2 aliphatic heterocycles. The molecule has 0 atom stereocenters. The Morgan fingerprint density at radius 3 is 2.45 bits per heavy atom.